The molecule has 6 nitrogen and oxygen atoms in total. The molecule has 1 saturated carbocycles. The van der Waals surface area contributed by atoms with E-state index < -0.39 is 16.1 Å². The zero-order valence-corrected chi connectivity index (χ0v) is 13.5. The van der Waals surface area contributed by atoms with E-state index in [9.17, 15) is 18.3 Å². The lowest BCUT2D eigenvalue weighted by Gasteiger charge is -2.28. The highest BCUT2D eigenvalue weighted by Crippen LogP contribution is 2.20. The van der Waals surface area contributed by atoms with Gasteiger partial charge in [-0.3, -0.25) is 4.79 Å². The van der Waals surface area contributed by atoms with Crippen LogP contribution >= 0.6 is 11.3 Å². The highest BCUT2D eigenvalue weighted by molar-refractivity contribution is 7.91. The number of nitrogens with zero attached hydrogens (tertiary/aromatic N) is 1. The van der Waals surface area contributed by atoms with Crippen LogP contribution in [0, 0.1) is 0 Å². The number of hydrogen-bond donors (Lipinski definition) is 2. The number of rotatable bonds is 5. The molecule has 0 bridgehead atoms. The van der Waals surface area contributed by atoms with E-state index in [0.717, 1.165) is 34.9 Å². The molecule has 118 valence electrons. The first-order valence-corrected chi connectivity index (χ1v) is 9.20. The lowest BCUT2D eigenvalue weighted by atomic mass is 9.92. The first-order chi connectivity index (χ1) is 9.91. The van der Waals surface area contributed by atoms with Gasteiger partial charge in [0.1, 0.15) is 4.21 Å². The van der Waals surface area contributed by atoms with E-state index in [4.69, 9.17) is 0 Å². The second-order valence-corrected chi connectivity index (χ2v) is 8.44. The Hall–Kier alpha value is -0.960. The molecule has 0 aromatic carbocycles. The van der Waals surface area contributed by atoms with E-state index in [-0.39, 0.29) is 22.7 Å². The van der Waals surface area contributed by atoms with E-state index in [1.165, 1.54) is 13.1 Å². The zero-order chi connectivity index (χ0) is 15.5. The number of likely N-dealkylation sites (N-methyl/N-ethyl adjacent to an activating group) is 1. The molecule has 1 aromatic heterocycles. The molecule has 2 atom stereocenters. The molecule has 1 aromatic rings. The average Bonchev–Trinajstić information content (AvgIpc) is 2.96. The van der Waals surface area contributed by atoms with Crippen LogP contribution in [0.1, 0.15) is 25.7 Å². The smallest absolute Gasteiger partial charge is 0.252 e. The Morgan fingerprint density at radius 1 is 1.48 bits per heavy atom. The second kappa shape index (κ2) is 6.87. The maximum absolute atomic E-state index is 12.2. The van der Waals surface area contributed by atoms with E-state index >= 15 is 0 Å². The summed E-state index contributed by atoms with van der Waals surface area (Å²) >= 11 is 1.12. The van der Waals surface area contributed by atoms with Crippen molar-refractivity contribution in [1.82, 2.24) is 9.62 Å². The van der Waals surface area contributed by atoms with E-state index in [0.29, 0.717) is 6.42 Å². The molecular weight excluding hydrogens is 312 g/mol. The van der Waals surface area contributed by atoms with Crippen LogP contribution < -0.4 is 5.32 Å². The molecule has 0 spiro atoms. The molecule has 1 aliphatic carbocycles. The molecule has 1 fully saturated rings. The van der Waals surface area contributed by atoms with E-state index in [2.05, 4.69) is 5.32 Å². The summed E-state index contributed by atoms with van der Waals surface area (Å²) in [5.41, 5.74) is 0. The molecule has 0 unspecified atom stereocenters. The van der Waals surface area contributed by atoms with Crippen molar-refractivity contribution in [3.05, 3.63) is 17.5 Å². The van der Waals surface area contributed by atoms with Crippen LogP contribution in [0.5, 0.6) is 0 Å². The molecular formula is C13H20N2O4S2. The number of carbonyl (C=O) groups excluding carboxylic acids is 1. The van der Waals surface area contributed by atoms with Gasteiger partial charge < -0.3 is 10.4 Å². The van der Waals surface area contributed by atoms with Gasteiger partial charge in [0, 0.05) is 7.05 Å². The van der Waals surface area contributed by atoms with Crippen molar-refractivity contribution >= 4 is 27.3 Å². The quantitative estimate of drug-likeness (QED) is 0.834. The minimum atomic E-state index is -3.62. The molecule has 1 aliphatic rings. The fourth-order valence-corrected chi connectivity index (χ4v) is 4.71. The summed E-state index contributed by atoms with van der Waals surface area (Å²) in [4.78, 5) is 12.0. The minimum absolute atomic E-state index is 0.218. The minimum Gasteiger partial charge on any atom is -0.391 e. The van der Waals surface area contributed by atoms with Crippen LogP contribution in [-0.2, 0) is 14.8 Å². The summed E-state index contributed by atoms with van der Waals surface area (Å²) in [5.74, 6) is -0.386. The van der Waals surface area contributed by atoms with Gasteiger partial charge >= 0.3 is 0 Å². The Kier molecular flexibility index (Phi) is 5.37. The Balaban J connectivity index is 1.93. The number of hydrogen-bond acceptors (Lipinski definition) is 5. The monoisotopic (exact) mass is 332 g/mol. The molecule has 1 amide bonds. The van der Waals surface area contributed by atoms with Gasteiger partial charge in [-0.25, -0.2) is 8.42 Å². The van der Waals surface area contributed by atoms with Crippen LogP contribution in [0.4, 0.5) is 0 Å². The Morgan fingerprint density at radius 2 is 2.19 bits per heavy atom. The SMILES string of the molecule is CN(CC(=O)N[C@H]1CCCC[C@@H]1O)S(=O)(=O)c1cccs1. The summed E-state index contributed by atoms with van der Waals surface area (Å²) in [6.07, 6.45) is 2.79. The predicted octanol–water partition coefficient (Wildman–Crippen LogP) is 0.788. The van der Waals surface area contributed by atoms with E-state index in [1.54, 1.807) is 11.4 Å². The Bertz CT molecular complexity index is 571. The van der Waals surface area contributed by atoms with Crippen LogP contribution in [0.2, 0.25) is 0 Å². The van der Waals surface area contributed by atoms with Gasteiger partial charge in [0.2, 0.25) is 5.91 Å². The molecule has 0 aliphatic heterocycles. The number of aliphatic hydroxyl groups is 1. The van der Waals surface area contributed by atoms with E-state index in [1.807, 2.05) is 0 Å². The lowest BCUT2D eigenvalue weighted by molar-refractivity contribution is -0.123. The van der Waals surface area contributed by atoms with Crippen molar-refractivity contribution in [1.29, 1.82) is 0 Å². The topological polar surface area (TPSA) is 86.7 Å². The summed E-state index contributed by atoms with van der Waals surface area (Å²) in [6, 6.07) is 2.90. The van der Waals surface area contributed by atoms with Crippen molar-refractivity contribution in [2.45, 2.75) is 42.0 Å². The van der Waals surface area contributed by atoms with Crippen molar-refractivity contribution in [2.75, 3.05) is 13.6 Å². The fourth-order valence-electron chi connectivity index (χ4n) is 2.38. The first-order valence-electron chi connectivity index (χ1n) is 6.88. The zero-order valence-electron chi connectivity index (χ0n) is 11.9. The molecule has 0 saturated heterocycles. The first kappa shape index (κ1) is 16.4. The third-order valence-corrected chi connectivity index (χ3v) is 6.78. The maximum Gasteiger partial charge on any atom is 0.252 e. The number of amides is 1. The average molecular weight is 332 g/mol. The Labute approximate surface area is 128 Å². The van der Waals surface area contributed by atoms with Gasteiger partial charge in [-0.05, 0) is 24.3 Å². The third-order valence-electron chi connectivity index (χ3n) is 3.60. The van der Waals surface area contributed by atoms with Crippen molar-refractivity contribution in [3.8, 4) is 0 Å². The number of sulfonamides is 1. The summed E-state index contributed by atoms with van der Waals surface area (Å²) in [6.45, 7) is -0.247. The molecule has 2 rings (SSSR count). The maximum atomic E-state index is 12.2. The highest BCUT2D eigenvalue weighted by Gasteiger charge is 2.27. The van der Waals surface area contributed by atoms with Crippen LogP contribution in [0.25, 0.3) is 0 Å². The normalized spacial score (nSPS) is 23.2. The van der Waals surface area contributed by atoms with Crippen molar-refractivity contribution < 1.29 is 18.3 Å². The standard InChI is InChI=1S/C13H20N2O4S2/c1-15(21(18,19)13-7-4-8-20-13)9-12(17)14-10-5-2-3-6-11(10)16/h4,7-8,10-11,16H,2-3,5-6,9H2,1H3,(H,14,17)/t10-,11-/m0/s1. The van der Waals surface area contributed by atoms with Gasteiger partial charge in [0.25, 0.3) is 10.0 Å². The molecule has 0 radical (unpaired) electrons. The Morgan fingerprint density at radius 3 is 2.81 bits per heavy atom. The highest BCUT2D eigenvalue weighted by atomic mass is 32.2. The van der Waals surface area contributed by atoms with Gasteiger partial charge in [-0.15, -0.1) is 11.3 Å². The molecule has 8 heteroatoms. The van der Waals surface area contributed by atoms with Crippen LogP contribution in [0.15, 0.2) is 21.7 Å². The summed E-state index contributed by atoms with van der Waals surface area (Å²) in [5, 5.41) is 14.2. The molecule has 1 heterocycles. The lowest BCUT2D eigenvalue weighted by Crippen LogP contribution is -2.48. The van der Waals surface area contributed by atoms with Gasteiger partial charge in [0.15, 0.2) is 0 Å². The fraction of sp³-hybridized carbons (Fsp3) is 0.615. The van der Waals surface area contributed by atoms with Crippen molar-refractivity contribution in [3.63, 3.8) is 0 Å². The van der Waals surface area contributed by atoms with Gasteiger partial charge in [-0.1, -0.05) is 18.9 Å². The van der Waals surface area contributed by atoms with Gasteiger partial charge in [-0.2, -0.15) is 4.31 Å². The van der Waals surface area contributed by atoms with Crippen LogP contribution in [-0.4, -0.2) is 49.5 Å². The predicted molar refractivity (Wildman–Crippen MR) is 80.5 cm³/mol. The number of carbonyl (C=O) groups is 1. The number of thiophene rings is 1. The molecule has 21 heavy (non-hydrogen) atoms. The summed E-state index contributed by atoms with van der Waals surface area (Å²) in [7, 11) is -2.24. The molecule has 2 N–H and O–H groups in total. The summed E-state index contributed by atoms with van der Waals surface area (Å²) < 4.78 is 25.6. The van der Waals surface area contributed by atoms with Crippen molar-refractivity contribution in [2.24, 2.45) is 0 Å². The second-order valence-electron chi connectivity index (χ2n) is 5.22. The van der Waals surface area contributed by atoms with Gasteiger partial charge in [0.05, 0.1) is 18.7 Å². The number of nitrogens with one attached hydrogen (secondary N) is 1. The van der Waals surface area contributed by atoms with Crippen LogP contribution in [0.3, 0.4) is 0 Å². The number of aliphatic hydroxyl groups excluding tert-OH is 1. The largest absolute Gasteiger partial charge is 0.391 e. The third kappa shape index (κ3) is 4.03.